The van der Waals surface area contributed by atoms with Gasteiger partial charge in [0.05, 0.1) is 11.8 Å². The van der Waals surface area contributed by atoms with Gasteiger partial charge in [-0.15, -0.1) is 0 Å². The molecule has 3 nitrogen and oxygen atoms in total. The topological polar surface area (TPSA) is 45.8 Å². The molecule has 1 rings (SSSR count). The van der Waals surface area contributed by atoms with Crippen LogP contribution in [0.2, 0.25) is 0 Å². The van der Waals surface area contributed by atoms with E-state index in [0.717, 1.165) is 25.7 Å². The normalized spacial score (nSPS) is 9.46. The lowest BCUT2D eigenvalue weighted by atomic mass is 10.2. The molecule has 0 atom stereocenters. The van der Waals surface area contributed by atoms with E-state index in [2.05, 4.69) is 6.07 Å². The SMILES string of the molecule is N#CCCCCn1cccc1C=O. The summed E-state index contributed by atoms with van der Waals surface area (Å²) in [5.41, 5.74) is 0.706. The summed E-state index contributed by atoms with van der Waals surface area (Å²) in [6.07, 6.45) is 5.17. The number of carbonyl (C=O) groups is 1. The Morgan fingerprint density at radius 3 is 3.08 bits per heavy atom. The van der Waals surface area contributed by atoms with Crippen LogP contribution in [0.4, 0.5) is 0 Å². The van der Waals surface area contributed by atoms with Crippen molar-refractivity contribution in [3.8, 4) is 6.07 Å². The second-order valence-corrected chi connectivity index (χ2v) is 2.86. The van der Waals surface area contributed by atoms with Crippen LogP contribution in [-0.4, -0.2) is 10.9 Å². The number of aryl methyl sites for hydroxylation is 1. The van der Waals surface area contributed by atoms with E-state index in [-0.39, 0.29) is 0 Å². The predicted octanol–water partition coefficient (Wildman–Crippen LogP) is 1.99. The summed E-state index contributed by atoms with van der Waals surface area (Å²) in [6, 6.07) is 5.74. The van der Waals surface area contributed by atoms with Crippen LogP contribution in [0.25, 0.3) is 0 Å². The van der Waals surface area contributed by atoms with Crippen LogP contribution in [0.15, 0.2) is 18.3 Å². The molecule has 0 aliphatic heterocycles. The zero-order valence-corrected chi connectivity index (χ0v) is 7.44. The molecule has 0 spiro atoms. The Bertz CT molecular complexity index is 309. The van der Waals surface area contributed by atoms with E-state index in [9.17, 15) is 4.79 Å². The number of carbonyl (C=O) groups excluding carboxylic acids is 1. The van der Waals surface area contributed by atoms with Gasteiger partial charge < -0.3 is 4.57 Å². The number of hydrogen-bond donors (Lipinski definition) is 0. The summed E-state index contributed by atoms with van der Waals surface area (Å²) in [5, 5.41) is 8.31. The molecular formula is C10H12N2O. The van der Waals surface area contributed by atoms with Crippen molar-refractivity contribution < 1.29 is 4.79 Å². The molecule has 0 amide bonds. The molecule has 1 aromatic rings. The number of hydrogen-bond acceptors (Lipinski definition) is 2. The van der Waals surface area contributed by atoms with Crippen LogP contribution >= 0.6 is 0 Å². The Labute approximate surface area is 77.6 Å². The Balaban J connectivity index is 2.36. The molecule has 0 unspecified atom stereocenters. The van der Waals surface area contributed by atoms with Crippen LogP contribution in [-0.2, 0) is 6.54 Å². The second kappa shape index (κ2) is 5.15. The first kappa shape index (κ1) is 9.53. The van der Waals surface area contributed by atoms with Crippen molar-refractivity contribution >= 4 is 6.29 Å². The van der Waals surface area contributed by atoms with Crippen LogP contribution in [0.3, 0.4) is 0 Å². The highest BCUT2D eigenvalue weighted by Crippen LogP contribution is 2.03. The molecule has 13 heavy (non-hydrogen) atoms. The van der Waals surface area contributed by atoms with Crippen molar-refractivity contribution in [1.29, 1.82) is 5.26 Å². The van der Waals surface area contributed by atoms with Gasteiger partial charge in [0.25, 0.3) is 0 Å². The third-order valence-corrected chi connectivity index (χ3v) is 1.92. The minimum absolute atomic E-state index is 0.595. The van der Waals surface area contributed by atoms with Gasteiger partial charge in [0.2, 0.25) is 0 Å². The Morgan fingerprint density at radius 2 is 2.38 bits per heavy atom. The highest BCUT2D eigenvalue weighted by Gasteiger charge is 1.97. The van der Waals surface area contributed by atoms with Crippen molar-refractivity contribution in [3.63, 3.8) is 0 Å². The number of rotatable bonds is 5. The van der Waals surface area contributed by atoms with Gasteiger partial charge in [0, 0.05) is 19.2 Å². The van der Waals surface area contributed by atoms with E-state index in [4.69, 9.17) is 5.26 Å². The van der Waals surface area contributed by atoms with Gasteiger partial charge in [-0.05, 0) is 25.0 Å². The molecule has 0 saturated carbocycles. The lowest BCUT2D eigenvalue weighted by Gasteiger charge is -2.02. The lowest BCUT2D eigenvalue weighted by Crippen LogP contribution is -2.00. The maximum absolute atomic E-state index is 10.5. The standard InChI is InChI=1S/C10H12N2O/c11-6-2-1-3-7-12-8-4-5-10(12)9-13/h4-5,8-9H,1-3,7H2. The summed E-state index contributed by atoms with van der Waals surface area (Å²) in [6.45, 7) is 0.822. The zero-order chi connectivity index (χ0) is 9.52. The predicted molar refractivity (Wildman–Crippen MR) is 49.3 cm³/mol. The molecule has 0 bridgehead atoms. The third kappa shape index (κ3) is 2.75. The zero-order valence-electron chi connectivity index (χ0n) is 7.44. The first-order valence-corrected chi connectivity index (χ1v) is 4.35. The lowest BCUT2D eigenvalue weighted by molar-refractivity contribution is 0.111. The minimum Gasteiger partial charge on any atom is -0.345 e. The quantitative estimate of drug-likeness (QED) is 0.508. The molecule has 0 aliphatic carbocycles. The van der Waals surface area contributed by atoms with Crippen LogP contribution in [0, 0.1) is 11.3 Å². The Kier molecular flexibility index (Phi) is 3.77. The van der Waals surface area contributed by atoms with Gasteiger partial charge in [-0.1, -0.05) is 0 Å². The van der Waals surface area contributed by atoms with E-state index in [1.165, 1.54) is 0 Å². The number of nitrogens with zero attached hydrogens (tertiary/aromatic N) is 2. The fourth-order valence-corrected chi connectivity index (χ4v) is 1.22. The number of unbranched alkanes of at least 4 members (excludes halogenated alkanes) is 2. The molecule has 1 heterocycles. The summed E-state index contributed by atoms with van der Waals surface area (Å²) < 4.78 is 1.91. The molecule has 0 radical (unpaired) electrons. The van der Waals surface area contributed by atoms with Crippen molar-refractivity contribution in [2.45, 2.75) is 25.8 Å². The van der Waals surface area contributed by atoms with Crippen molar-refractivity contribution in [3.05, 3.63) is 24.0 Å². The molecule has 0 fully saturated rings. The summed E-state index contributed by atoms with van der Waals surface area (Å²) in [4.78, 5) is 10.5. The van der Waals surface area contributed by atoms with Crippen molar-refractivity contribution in [2.24, 2.45) is 0 Å². The van der Waals surface area contributed by atoms with Gasteiger partial charge in [0.15, 0.2) is 6.29 Å². The molecule has 1 aromatic heterocycles. The summed E-state index contributed by atoms with van der Waals surface area (Å²) in [7, 11) is 0. The van der Waals surface area contributed by atoms with Crippen molar-refractivity contribution in [1.82, 2.24) is 4.57 Å². The number of nitriles is 1. The van der Waals surface area contributed by atoms with Crippen LogP contribution < -0.4 is 0 Å². The first-order chi connectivity index (χ1) is 6.38. The van der Waals surface area contributed by atoms with Gasteiger partial charge >= 0.3 is 0 Å². The number of aromatic nitrogens is 1. The van der Waals surface area contributed by atoms with Gasteiger partial charge in [-0.2, -0.15) is 5.26 Å². The molecular weight excluding hydrogens is 164 g/mol. The molecule has 0 saturated heterocycles. The number of aldehydes is 1. The van der Waals surface area contributed by atoms with E-state index in [1.54, 1.807) is 6.07 Å². The van der Waals surface area contributed by atoms with Crippen molar-refractivity contribution in [2.75, 3.05) is 0 Å². The van der Waals surface area contributed by atoms with E-state index >= 15 is 0 Å². The fourth-order valence-electron chi connectivity index (χ4n) is 1.22. The summed E-state index contributed by atoms with van der Waals surface area (Å²) >= 11 is 0. The molecule has 68 valence electrons. The van der Waals surface area contributed by atoms with E-state index in [0.29, 0.717) is 12.1 Å². The maximum atomic E-state index is 10.5. The third-order valence-electron chi connectivity index (χ3n) is 1.92. The van der Waals surface area contributed by atoms with Crippen LogP contribution in [0.1, 0.15) is 29.8 Å². The van der Waals surface area contributed by atoms with Gasteiger partial charge in [-0.25, -0.2) is 0 Å². The fraction of sp³-hybridized carbons (Fsp3) is 0.400. The average molecular weight is 176 g/mol. The van der Waals surface area contributed by atoms with E-state index in [1.807, 2.05) is 16.8 Å². The Morgan fingerprint density at radius 1 is 1.54 bits per heavy atom. The minimum atomic E-state index is 0.595. The highest BCUT2D eigenvalue weighted by atomic mass is 16.1. The van der Waals surface area contributed by atoms with Gasteiger partial charge in [0.1, 0.15) is 0 Å². The second-order valence-electron chi connectivity index (χ2n) is 2.86. The highest BCUT2D eigenvalue weighted by molar-refractivity contribution is 5.72. The average Bonchev–Trinajstić information content (AvgIpc) is 2.60. The first-order valence-electron chi connectivity index (χ1n) is 4.35. The monoisotopic (exact) mass is 176 g/mol. The van der Waals surface area contributed by atoms with E-state index < -0.39 is 0 Å². The smallest absolute Gasteiger partial charge is 0.166 e. The molecule has 3 heteroatoms. The largest absolute Gasteiger partial charge is 0.345 e. The molecule has 0 aromatic carbocycles. The maximum Gasteiger partial charge on any atom is 0.166 e. The Hall–Kier alpha value is -1.56. The van der Waals surface area contributed by atoms with Crippen LogP contribution in [0.5, 0.6) is 0 Å². The molecule has 0 aliphatic rings. The van der Waals surface area contributed by atoms with Gasteiger partial charge in [-0.3, -0.25) is 4.79 Å². The molecule has 0 N–H and O–H groups in total. The summed E-state index contributed by atoms with van der Waals surface area (Å²) in [5.74, 6) is 0.